The van der Waals surface area contributed by atoms with Gasteiger partial charge in [-0.15, -0.1) is 0 Å². The van der Waals surface area contributed by atoms with Crippen molar-refractivity contribution in [3.05, 3.63) is 59.9 Å². The lowest BCUT2D eigenvalue weighted by Crippen LogP contribution is -1.98. The van der Waals surface area contributed by atoms with E-state index in [2.05, 4.69) is 6.92 Å². The van der Waals surface area contributed by atoms with E-state index in [1.807, 2.05) is 30.4 Å². The van der Waals surface area contributed by atoms with Gasteiger partial charge < -0.3 is 9.47 Å². The van der Waals surface area contributed by atoms with Crippen LogP contribution in [0, 0.1) is 0 Å². The van der Waals surface area contributed by atoms with Crippen molar-refractivity contribution >= 4 is 12.3 Å². The zero-order valence-corrected chi connectivity index (χ0v) is 15.6. The maximum absolute atomic E-state index is 11.1. The maximum atomic E-state index is 11.1. The molecule has 0 unspecified atom stereocenters. The number of esters is 1. The average molecular weight is 346 g/mol. The SMILES string of the molecule is CCC/C=C(/C=C(\C=O)CCC/C=C/C=C/C=C/C(=O)OCC)OC. The highest BCUT2D eigenvalue weighted by Crippen LogP contribution is 2.11. The van der Waals surface area contributed by atoms with Crippen LogP contribution >= 0.6 is 0 Å². The third-order valence-corrected chi connectivity index (χ3v) is 3.17. The summed E-state index contributed by atoms with van der Waals surface area (Å²) in [5.74, 6) is 0.406. The molecule has 0 N–H and O–H groups in total. The smallest absolute Gasteiger partial charge is 0.330 e. The molecule has 0 spiro atoms. The first kappa shape index (κ1) is 22.6. The quantitative estimate of drug-likeness (QED) is 0.119. The third kappa shape index (κ3) is 13.7. The lowest BCUT2D eigenvalue weighted by molar-refractivity contribution is -0.137. The number of aldehydes is 1. The first-order chi connectivity index (χ1) is 12.2. The zero-order chi connectivity index (χ0) is 18.8. The highest BCUT2D eigenvalue weighted by molar-refractivity contribution is 5.82. The van der Waals surface area contributed by atoms with Gasteiger partial charge in [-0.25, -0.2) is 4.79 Å². The van der Waals surface area contributed by atoms with Gasteiger partial charge in [-0.05, 0) is 50.3 Å². The van der Waals surface area contributed by atoms with Gasteiger partial charge in [0.15, 0.2) is 0 Å². The summed E-state index contributed by atoms with van der Waals surface area (Å²) in [7, 11) is 1.62. The van der Waals surface area contributed by atoms with Crippen molar-refractivity contribution in [1.29, 1.82) is 0 Å². The molecule has 0 radical (unpaired) electrons. The highest BCUT2D eigenvalue weighted by Gasteiger charge is 1.98. The van der Waals surface area contributed by atoms with Crippen LogP contribution < -0.4 is 0 Å². The Hall–Kier alpha value is -2.36. The Bertz CT molecular complexity index is 522. The Morgan fingerprint density at radius 1 is 1.04 bits per heavy atom. The summed E-state index contributed by atoms with van der Waals surface area (Å²) in [4.78, 5) is 22.2. The van der Waals surface area contributed by atoms with E-state index in [0.29, 0.717) is 13.0 Å². The van der Waals surface area contributed by atoms with E-state index in [-0.39, 0.29) is 5.97 Å². The van der Waals surface area contributed by atoms with E-state index in [4.69, 9.17) is 9.47 Å². The van der Waals surface area contributed by atoms with Crippen molar-refractivity contribution < 1.29 is 19.1 Å². The molecular weight excluding hydrogens is 316 g/mol. The molecule has 0 rings (SSSR count). The zero-order valence-electron chi connectivity index (χ0n) is 15.6. The van der Waals surface area contributed by atoms with E-state index in [1.54, 1.807) is 26.2 Å². The number of carbonyl (C=O) groups excluding carboxylic acids is 2. The van der Waals surface area contributed by atoms with Gasteiger partial charge in [-0.3, -0.25) is 4.79 Å². The average Bonchev–Trinajstić information content (AvgIpc) is 2.62. The normalized spacial score (nSPS) is 13.1. The van der Waals surface area contributed by atoms with E-state index in [9.17, 15) is 9.59 Å². The summed E-state index contributed by atoms with van der Waals surface area (Å²) in [5.41, 5.74) is 0.741. The second-order valence-electron chi connectivity index (χ2n) is 5.25. The van der Waals surface area contributed by atoms with Crippen LogP contribution in [-0.4, -0.2) is 26.0 Å². The van der Waals surface area contributed by atoms with Crippen LogP contribution in [0.3, 0.4) is 0 Å². The highest BCUT2D eigenvalue weighted by atomic mass is 16.5. The molecule has 0 aromatic heterocycles. The van der Waals surface area contributed by atoms with Gasteiger partial charge in [0.25, 0.3) is 0 Å². The van der Waals surface area contributed by atoms with Gasteiger partial charge in [0, 0.05) is 6.08 Å². The largest absolute Gasteiger partial charge is 0.497 e. The minimum absolute atomic E-state index is 0.340. The molecule has 0 aromatic rings. The monoisotopic (exact) mass is 346 g/mol. The number of ether oxygens (including phenoxy) is 2. The van der Waals surface area contributed by atoms with Crippen LogP contribution in [0.25, 0.3) is 0 Å². The van der Waals surface area contributed by atoms with E-state index >= 15 is 0 Å². The van der Waals surface area contributed by atoms with Crippen LogP contribution in [0.5, 0.6) is 0 Å². The van der Waals surface area contributed by atoms with Crippen LogP contribution in [0.1, 0.15) is 46.0 Å². The number of hydrogen-bond donors (Lipinski definition) is 0. The second kappa shape index (κ2) is 16.5. The molecule has 0 aliphatic heterocycles. The molecule has 0 bridgehead atoms. The summed E-state index contributed by atoms with van der Waals surface area (Å²) in [6, 6.07) is 0. The molecule has 4 nitrogen and oxygen atoms in total. The number of hydrogen-bond acceptors (Lipinski definition) is 4. The number of carbonyl (C=O) groups is 2. The van der Waals surface area contributed by atoms with Crippen molar-refractivity contribution in [3.63, 3.8) is 0 Å². The fraction of sp³-hybridized carbons (Fsp3) is 0.429. The van der Waals surface area contributed by atoms with Gasteiger partial charge in [-0.2, -0.15) is 0 Å². The summed E-state index contributed by atoms with van der Waals surface area (Å²) in [6.45, 7) is 4.25. The number of rotatable bonds is 13. The molecule has 4 heteroatoms. The van der Waals surface area contributed by atoms with Crippen LogP contribution in [0.2, 0.25) is 0 Å². The Morgan fingerprint density at radius 2 is 1.80 bits per heavy atom. The van der Waals surface area contributed by atoms with Crippen molar-refractivity contribution in [3.8, 4) is 0 Å². The summed E-state index contributed by atoms with van der Waals surface area (Å²) < 4.78 is 10.0. The molecule has 25 heavy (non-hydrogen) atoms. The molecule has 0 saturated heterocycles. The number of unbranched alkanes of at least 4 members (excludes halogenated alkanes) is 2. The standard InChI is InChI=1S/C21H30O4/c1-4-6-15-20(24-3)17-19(18-22)14-12-10-8-7-9-11-13-16-21(23)25-5-2/h7-9,11,13,15-18H,4-6,10,12,14H2,1-3H3/b8-7+,11-9+,16-13+,19-17-,20-15-. The molecule has 0 aliphatic carbocycles. The predicted octanol–water partition coefficient (Wildman–Crippen LogP) is 4.84. The minimum atomic E-state index is -0.340. The molecule has 0 atom stereocenters. The van der Waals surface area contributed by atoms with Crippen LogP contribution in [0.15, 0.2) is 59.9 Å². The van der Waals surface area contributed by atoms with Crippen LogP contribution in [-0.2, 0) is 19.1 Å². The maximum Gasteiger partial charge on any atom is 0.330 e. The molecular formula is C21H30O4. The Kier molecular flexibility index (Phi) is 14.9. The third-order valence-electron chi connectivity index (χ3n) is 3.17. The number of methoxy groups -OCH3 is 1. The van der Waals surface area contributed by atoms with E-state index in [0.717, 1.165) is 43.3 Å². The van der Waals surface area contributed by atoms with Crippen molar-refractivity contribution in [2.24, 2.45) is 0 Å². The summed E-state index contributed by atoms with van der Waals surface area (Å²) in [5, 5.41) is 0. The molecule has 0 saturated carbocycles. The van der Waals surface area contributed by atoms with Gasteiger partial charge in [0.1, 0.15) is 12.0 Å². The van der Waals surface area contributed by atoms with Gasteiger partial charge in [0.2, 0.25) is 0 Å². The van der Waals surface area contributed by atoms with E-state index in [1.165, 1.54) is 6.08 Å². The van der Waals surface area contributed by atoms with Crippen molar-refractivity contribution in [2.75, 3.05) is 13.7 Å². The number of allylic oxidation sites excluding steroid dienone is 8. The Balaban J connectivity index is 4.19. The summed E-state index contributed by atoms with van der Waals surface area (Å²) >= 11 is 0. The molecule has 0 amide bonds. The topological polar surface area (TPSA) is 52.6 Å². The molecule has 0 heterocycles. The summed E-state index contributed by atoms with van der Waals surface area (Å²) in [6.07, 6.45) is 19.8. The van der Waals surface area contributed by atoms with E-state index < -0.39 is 0 Å². The Labute approximate surface area is 151 Å². The Morgan fingerprint density at radius 3 is 2.44 bits per heavy atom. The van der Waals surface area contributed by atoms with Gasteiger partial charge >= 0.3 is 5.97 Å². The first-order valence-electron chi connectivity index (χ1n) is 8.74. The lowest BCUT2D eigenvalue weighted by atomic mass is 10.1. The molecule has 0 aliphatic rings. The van der Waals surface area contributed by atoms with Gasteiger partial charge in [0.05, 0.1) is 13.7 Å². The molecule has 138 valence electrons. The van der Waals surface area contributed by atoms with Crippen molar-refractivity contribution in [1.82, 2.24) is 0 Å². The predicted molar refractivity (Wildman–Crippen MR) is 102 cm³/mol. The molecule has 0 aromatic carbocycles. The fourth-order valence-corrected chi connectivity index (χ4v) is 1.89. The fourth-order valence-electron chi connectivity index (χ4n) is 1.89. The lowest BCUT2D eigenvalue weighted by Gasteiger charge is -2.03. The first-order valence-corrected chi connectivity index (χ1v) is 8.74. The second-order valence-corrected chi connectivity index (χ2v) is 5.25. The van der Waals surface area contributed by atoms with Crippen molar-refractivity contribution in [2.45, 2.75) is 46.0 Å². The van der Waals surface area contributed by atoms with Crippen LogP contribution in [0.4, 0.5) is 0 Å². The van der Waals surface area contributed by atoms with Gasteiger partial charge in [-0.1, -0.05) is 43.7 Å². The minimum Gasteiger partial charge on any atom is -0.497 e. The molecule has 0 fully saturated rings.